The van der Waals surface area contributed by atoms with E-state index in [0.717, 1.165) is 6.42 Å². The van der Waals surface area contributed by atoms with E-state index >= 15 is 0 Å². The van der Waals surface area contributed by atoms with Crippen molar-refractivity contribution in [2.24, 2.45) is 0 Å². The zero-order valence-corrected chi connectivity index (χ0v) is 11.2. The monoisotopic (exact) mass is 276 g/mol. The molecule has 0 saturated heterocycles. The maximum Gasteiger partial charge on any atom is 0.115 e. The van der Waals surface area contributed by atoms with Crippen LogP contribution in [0.2, 0.25) is 0 Å². The molecule has 1 N–H and O–H groups in total. The summed E-state index contributed by atoms with van der Waals surface area (Å²) < 4.78 is 0. The van der Waals surface area contributed by atoms with Crippen molar-refractivity contribution in [1.82, 2.24) is 0 Å². The molecular formula is C10H15ClOZr. The molecule has 1 aromatic rings. The Morgan fingerprint density at radius 2 is 1.69 bits per heavy atom. The SMILES string of the molecule is CCC(C)c1ccc(O)cc1.Cl.[Zr]. The molecule has 0 radical (unpaired) electrons. The first-order valence-corrected chi connectivity index (χ1v) is 4.03. The van der Waals surface area contributed by atoms with Gasteiger partial charge >= 0.3 is 0 Å². The van der Waals surface area contributed by atoms with Crippen molar-refractivity contribution in [2.45, 2.75) is 26.2 Å². The Labute approximate surface area is 105 Å². The third-order valence-corrected chi connectivity index (χ3v) is 2.07. The molecular weight excluding hydrogens is 263 g/mol. The molecule has 0 aromatic heterocycles. The third kappa shape index (κ3) is 4.83. The summed E-state index contributed by atoms with van der Waals surface area (Å²) in [4.78, 5) is 0. The zero-order chi connectivity index (χ0) is 8.27. The van der Waals surface area contributed by atoms with Gasteiger partial charge in [-0.1, -0.05) is 26.0 Å². The molecule has 0 aliphatic rings. The number of phenolic OH excluding ortho intramolecular Hbond substituents is 1. The molecule has 0 bridgehead atoms. The minimum atomic E-state index is 0. The molecule has 1 nitrogen and oxygen atoms in total. The van der Waals surface area contributed by atoms with Gasteiger partial charge in [0.15, 0.2) is 0 Å². The molecule has 1 unspecified atom stereocenters. The fourth-order valence-corrected chi connectivity index (χ4v) is 1.04. The molecule has 1 aromatic carbocycles. The maximum atomic E-state index is 9.01. The van der Waals surface area contributed by atoms with E-state index in [4.69, 9.17) is 5.11 Å². The smallest absolute Gasteiger partial charge is 0.115 e. The van der Waals surface area contributed by atoms with E-state index in [1.165, 1.54) is 5.56 Å². The third-order valence-electron chi connectivity index (χ3n) is 2.07. The standard InChI is InChI=1S/C10H14O.ClH.Zr/c1-3-8(2)9-4-6-10(11)7-5-9;;/h4-8,11H,3H2,1-2H3;1H;. The Kier molecular flexibility index (Phi) is 9.13. The minimum absolute atomic E-state index is 0. The van der Waals surface area contributed by atoms with Gasteiger partial charge in [0.05, 0.1) is 0 Å². The van der Waals surface area contributed by atoms with Gasteiger partial charge in [0, 0.05) is 26.2 Å². The number of hydrogen-bond acceptors (Lipinski definition) is 1. The number of aromatic hydroxyl groups is 1. The molecule has 0 aliphatic heterocycles. The molecule has 13 heavy (non-hydrogen) atoms. The van der Waals surface area contributed by atoms with Crippen LogP contribution in [0.4, 0.5) is 0 Å². The van der Waals surface area contributed by atoms with E-state index in [-0.39, 0.29) is 38.6 Å². The van der Waals surface area contributed by atoms with Gasteiger partial charge in [-0.15, -0.1) is 12.4 Å². The number of halogens is 1. The second-order valence-corrected chi connectivity index (χ2v) is 2.90. The Balaban J connectivity index is 0. The van der Waals surface area contributed by atoms with Crippen LogP contribution in [-0.4, -0.2) is 5.11 Å². The largest absolute Gasteiger partial charge is 0.508 e. The van der Waals surface area contributed by atoms with Crippen LogP contribution < -0.4 is 0 Å². The van der Waals surface area contributed by atoms with E-state index in [0.29, 0.717) is 11.7 Å². The summed E-state index contributed by atoms with van der Waals surface area (Å²) in [5.74, 6) is 0.938. The Bertz CT molecular complexity index is 223. The molecule has 0 aliphatic carbocycles. The van der Waals surface area contributed by atoms with Crippen molar-refractivity contribution in [3.05, 3.63) is 29.8 Å². The predicted octanol–water partition coefficient (Wildman–Crippen LogP) is 3.33. The van der Waals surface area contributed by atoms with E-state index in [2.05, 4.69) is 13.8 Å². The Hall–Kier alpha value is 0.193. The van der Waals surface area contributed by atoms with Gasteiger partial charge < -0.3 is 5.11 Å². The van der Waals surface area contributed by atoms with E-state index in [9.17, 15) is 0 Å². The molecule has 1 rings (SSSR count). The predicted molar refractivity (Wildman–Crippen MR) is 54.1 cm³/mol. The van der Waals surface area contributed by atoms with Gasteiger partial charge in [-0.3, -0.25) is 0 Å². The summed E-state index contributed by atoms with van der Waals surface area (Å²) in [5.41, 5.74) is 1.30. The second-order valence-electron chi connectivity index (χ2n) is 2.90. The summed E-state index contributed by atoms with van der Waals surface area (Å²) in [6, 6.07) is 7.43. The summed E-state index contributed by atoms with van der Waals surface area (Å²) >= 11 is 0. The molecule has 0 amide bonds. The van der Waals surface area contributed by atoms with Gasteiger partial charge in [-0.25, -0.2) is 0 Å². The van der Waals surface area contributed by atoms with Crippen LogP contribution in [0.25, 0.3) is 0 Å². The van der Waals surface area contributed by atoms with Crippen LogP contribution in [-0.2, 0) is 26.2 Å². The normalized spacial score (nSPS) is 10.9. The Morgan fingerprint density at radius 1 is 1.23 bits per heavy atom. The van der Waals surface area contributed by atoms with E-state index < -0.39 is 0 Å². The zero-order valence-electron chi connectivity index (χ0n) is 7.95. The first kappa shape index (κ1) is 15.7. The average Bonchev–Trinajstić information content (AvgIpc) is 2.05. The van der Waals surface area contributed by atoms with Gasteiger partial charge in [0.25, 0.3) is 0 Å². The minimum Gasteiger partial charge on any atom is -0.508 e. The van der Waals surface area contributed by atoms with Crippen molar-refractivity contribution in [1.29, 1.82) is 0 Å². The first-order chi connectivity index (χ1) is 5.24. The fraction of sp³-hybridized carbons (Fsp3) is 0.400. The number of rotatable bonds is 2. The number of benzene rings is 1. The van der Waals surface area contributed by atoms with Crippen LogP contribution >= 0.6 is 12.4 Å². The molecule has 0 heterocycles. The van der Waals surface area contributed by atoms with Crippen molar-refractivity contribution >= 4 is 12.4 Å². The van der Waals surface area contributed by atoms with E-state index in [1.54, 1.807) is 12.1 Å². The molecule has 72 valence electrons. The molecule has 0 spiro atoms. The molecule has 0 fully saturated rings. The van der Waals surface area contributed by atoms with Gasteiger partial charge in [-0.2, -0.15) is 0 Å². The van der Waals surface area contributed by atoms with Gasteiger partial charge in [-0.05, 0) is 30.0 Å². The molecule has 1 atom stereocenters. The first-order valence-electron chi connectivity index (χ1n) is 4.03. The van der Waals surface area contributed by atoms with Gasteiger partial charge in [0.2, 0.25) is 0 Å². The number of phenols is 1. The summed E-state index contributed by atoms with van der Waals surface area (Å²) in [6.07, 6.45) is 1.14. The van der Waals surface area contributed by atoms with Crippen molar-refractivity contribution in [2.75, 3.05) is 0 Å². The quantitative estimate of drug-likeness (QED) is 0.879. The summed E-state index contributed by atoms with van der Waals surface area (Å²) in [7, 11) is 0. The molecule has 0 saturated carbocycles. The van der Waals surface area contributed by atoms with Gasteiger partial charge in [0.1, 0.15) is 5.75 Å². The van der Waals surface area contributed by atoms with Crippen LogP contribution in [0.1, 0.15) is 31.7 Å². The Morgan fingerprint density at radius 3 is 2.08 bits per heavy atom. The second kappa shape index (κ2) is 7.58. The fourth-order valence-electron chi connectivity index (χ4n) is 1.04. The van der Waals surface area contributed by atoms with Crippen LogP contribution in [0, 0.1) is 0 Å². The maximum absolute atomic E-state index is 9.01. The summed E-state index contributed by atoms with van der Waals surface area (Å²) in [5, 5.41) is 9.01. The van der Waals surface area contributed by atoms with Crippen LogP contribution in [0.3, 0.4) is 0 Å². The number of hydrogen-bond donors (Lipinski definition) is 1. The van der Waals surface area contributed by atoms with Crippen molar-refractivity contribution < 1.29 is 31.3 Å². The van der Waals surface area contributed by atoms with Crippen molar-refractivity contribution in [3.8, 4) is 5.75 Å². The average molecular weight is 278 g/mol. The van der Waals surface area contributed by atoms with E-state index in [1.807, 2.05) is 12.1 Å². The van der Waals surface area contributed by atoms with Crippen molar-refractivity contribution in [3.63, 3.8) is 0 Å². The topological polar surface area (TPSA) is 20.2 Å². The summed E-state index contributed by atoms with van der Waals surface area (Å²) in [6.45, 7) is 4.35. The van der Waals surface area contributed by atoms with Crippen LogP contribution in [0.5, 0.6) is 5.75 Å². The molecule has 3 heteroatoms. The van der Waals surface area contributed by atoms with Crippen LogP contribution in [0.15, 0.2) is 24.3 Å².